The second kappa shape index (κ2) is 4.75. The van der Waals surface area contributed by atoms with Crippen molar-refractivity contribution in [3.05, 3.63) is 35.1 Å². The maximum absolute atomic E-state index is 13.5. The van der Waals surface area contributed by atoms with E-state index in [1.165, 1.54) is 0 Å². The molecule has 0 aliphatic carbocycles. The average molecular weight is 237 g/mol. The molecule has 17 heavy (non-hydrogen) atoms. The summed E-state index contributed by atoms with van der Waals surface area (Å²) in [6.45, 7) is 7.53. The highest BCUT2D eigenvalue weighted by Crippen LogP contribution is 2.24. The van der Waals surface area contributed by atoms with E-state index in [9.17, 15) is 4.39 Å². The van der Waals surface area contributed by atoms with Crippen LogP contribution in [-0.4, -0.2) is 18.7 Å². The summed E-state index contributed by atoms with van der Waals surface area (Å²) in [5.74, 6) is -0.158. The molecule has 0 amide bonds. The van der Waals surface area contributed by atoms with Crippen molar-refractivity contribution in [2.45, 2.75) is 38.8 Å². The van der Waals surface area contributed by atoms with Gasteiger partial charge >= 0.3 is 0 Å². The zero-order chi connectivity index (χ0) is 12.5. The van der Waals surface area contributed by atoms with Gasteiger partial charge in [-0.25, -0.2) is 4.39 Å². The molecule has 2 rings (SSSR count). The lowest BCUT2D eigenvalue weighted by Crippen LogP contribution is -2.39. The third-order valence-electron chi connectivity index (χ3n) is 3.38. The number of ether oxygens (including phenoxy) is 1. The van der Waals surface area contributed by atoms with Gasteiger partial charge in [-0.3, -0.25) is 0 Å². The van der Waals surface area contributed by atoms with E-state index in [-0.39, 0.29) is 17.5 Å². The fraction of sp³-hybridized carbons (Fsp3) is 0.571. The van der Waals surface area contributed by atoms with Crippen LogP contribution in [0, 0.1) is 12.7 Å². The summed E-state index contributed by atoms with van der Waals surface area (Å²) in [7, 11) is 0. The van der Waals surface area contributed by atoms with Crippen LogP contribution in [-0.2, 0) is 4.74 Å². The molecule has 3 heteroatoms. The first-order valence-electron chi connectivity index (χ1n) is 6.11. The molecule has 0 bridgehead atoms. The maximum atomic E-state index is 13.5. The molecule has 1 aromatic carbocycles. The van der Waals surface area contributed by atoms with Crippen molar-refractivity contribution >= 4 is 0 Å². The zero-order valence-corrected chi connectivity index (χ0v) is 10.7. The van der Waals surface area contributed by atoms with E-state index >= 15 is 0 Å². The summed E-state index contributed by atoms with van der Waals surface area (Å²) in [5.41, 5.74) is 1.69. The van der Waals surface area contributed by atoms with Crippen LogP contribution in [0.3, 0.4) is 0 Å². The molecule has 0 saturated carbocycles. The Kier molecular flexibility index (Phi) is 3.50. The van der Waals surface area contributed by atoms with E-state index < -0.39 is 0 Å². The largest absolute Gasteiger partial charge is 0.372 e. The third-order valence-corrected chi connectivity index (χ3v) is 3.38. The molecule has 1 saturated heterocycles. The number of nitrogens with one attached hydrogen (secondary N) is 1. The van der Waals surface area contributed by atoms with Gasteiger partial charge in [0.1, 0.15) is 5.82 Å². The fourth-order valence-electron chi connectivity index (χ4n) is 2.00. The van der Waals surface area contributed by atoms with Crippen LogP contribution in [0.15, 0.2) is 18.2 Å². The Morgan fingerprint density at radius 3 is 2.88 bits per heavy atom. The van der Waals surface area contributed by atoms with E-state index in [1.807, 2.05) is 12.1 Å². The van der Waals surface area contributed by atoms with Crippen LogP contribution in [0.25, 0.3) is 0 Å². The fourth-order valence-corrected chi connectivity index (χ4v) is 2.00. The van der Waals surface area contributed by atoms with Gasteiger partial charge in [-0.15, -0.1) is 0 Å². The molecule has 0 radical (unpaired) electrons. The quantitative estimate of drug-likeness (QED) is 0.810. The van der Waals surface area contributed by atoms with Crippen molar-refractivity contribution in [1.29, 1.82) is 0 Å². The SMILES string of the molecule is Cc1ccc(C2CNC(C)(C)CCO2)cc1F. The standard InChI is InChI=1S/C14H20FNO/c1-10-4-5-11(8-12(10)15)13-9-16-14(2,3)6-7-17-13/h4-5,8,13,16H,6-7,9H2,1-3H3. The number of benzene rings is 1. The molecule has 1 aliphatic rings. The summed E-state index contributed by atoms with van der Waals surface area (Å²) in [5, 5.41) is 3.46. The minimum atomic E-state index is -0.158. The molecule has 1 N–H and O–H groups in total. The minimum Gasteiger partial charge on any atom is -0.372 e. The number of hydrogen-bond donors (Lipinski definition) is 1. The van der Waals surface area contributed by atoms with Gasteiger partial charge in [-0.1, -0.05) is 12.1 Å². The lowest BCUT2D eigenvalue weighted by molar-refractivity contribution is 0.0654. The lowest BCUT2D eigenvalue weighted by Gasteiger charge is -2.23. The molecular weight excluding hydrogens is 217 g/mol. The Hall–Kier alpha value is -0.930. The van der Waals surface area contributed by atoms with Gasteiger partial charge in [0.2, 0.25) is 0 Å². The summed E-state index contributed by atoms with van der Waals surface area (Å²) < 4.78 is 19.3. The number of hydrogen-bond acceptors (Lipinski definition) is 2. The van der Waals surface area contributed by atoms with Crippen molar-refractivity contribution in [3.63, 3.8) is 0 Å². The first kappa shape index (κ1) is 12.5. The van der Waals surface area contributed by atoms with Gasteiger partial charge in [-0.05, 0) is 44.4 Å². The molecule has 1 heterocycles. The van der Waals surface area contributed by atoms with Crippen molar-refractivity contribution in [1.82, 2.24) is 5.32 Å². The van der Waals surface area contributed by atoms with Crippen LogP contribution < -0.4 is 5.32 Å². The molecule has 2 nitrogen and oxygen atoms in total. The Balaban J connectivity index is 2.14. The highest BCUT2D eigenvalue weighted by atomic mass is 19.1. The van der Waals surface area contributed by atoms with Crippen molar-refractivity contribution < 1.29 is 9.13 Å². The molecule has 0 aromatic heterocycles. The van der Waals surface area contributed by atoms with Gasteiger partial charge in [0.15, 0.2) is 0 Å². The van der Waals surface area contributed by atoms with Gasteiger partial charge in [0, 0.05) is 18.7 Å². The average Bonchev–Trinajstić information content (AvgIpc) is 2.44. The molecule has 1 atom stereocenters. The summed E-state index contributed by atoms with van der Waals surface area (Å²) in [4.78, 5) is 0. The summed E-state index contributed by atoms with van der Waals surface area (Å²) >= 11 is 0. The first-order chi connectivity index (χ1) is 7.98. The number of halogens is 1. The van der Waals surface area contributed by atoms with E-state index in [0.29, 0.717) is 12.2 Å². The van der Waals surface area contributed by atoms with E-state index in [1.54, 1.807) is 13.0 Å². The predicted octanol–water partition coefficient (Wildman–Crippen LogP) is 2.96. The van der Waals surface area contributed by atoms with Crippen LogP contribution in [0.2, 0.25) is 0 Å². The molecule has 1 aromatic rings. The Morgan fingerprint density at radius 1 is 1.41 bits per heavy atom. The number of rotatable bonds is 1. The van der Waals surface area contributed by atoms with Gasteiger partial charge < -0.3 is 10.1 Å². The van der Waals surface area contributed by atoms with Gasteiger partial charge in [0.25, 0.3) is 0 Å². The Morgan fingerprint density at radius 2 is 2.18 bits per heavy atom. The lowest BCUT2D eigenvalue weighted by atomic mass is 10.0. The molecule has 94 valence electrons. The summed E-state index contributed by atoms with van der Waals surface area (Å²) in [6, 6.07) is 5.34. The highest BCUT2D eigenvalue weighted by Gasteiger charge is 2.25. The number of aryl methyl sites for hydroxylation is 1. The third kappa shape index (κ3) is 3.05. The Bertz CT molecular complexity index is 403. The van der Waals surface area contributed by atoms with Crippen molar-refractivity contribution in [2.24, 2.45) is 0 Å². The van der Waals surface area contributed by atoms with Crippen LogP contribution in [0.1, 0.15) is 37.5 Å². The van der Waals surface area contributed by atoms with Crippen molar-refractivity contribution in [3.8, 4) is 0 Å². The molecule has 1 aliphatic heterocycles. The van der Waals surface area contributed by atoms with E-state index in [2.05, 4.69) is 19.2 Å². The monoisotopic (exact) mass is 237 g/mol. The van der Waals surface area contributed by atoms with Crippen molar-refractivity contribution in [2.75, 3.05) is 13.2 Å². The Labute approximate surface area is 102 Å². The second-order valence-electron chi connectivity index (χ2n) is 5.38. The van der Waals surface area contributed by atoms with E-state index in [0.717, 1.165) is 18.5 Å². The van der Waals surface area contributed by atoms with Gasteiger partial charge in [-0.2, -0.15) is 0 Å². The maximum Gasteiger partial charge on any atom is 0.126 e. The summed E-state index contributed by atoms with van der Waals surface area (Å²) in [6.07, 6.45) is 0.921. The highest BCUT2D eigenvalue weighted by molar-refractivity contribution is 5.25. The zero-order valence-electron chi connectivity index (χ0n) is 10.7. The molecule has 1 fully saturated rings. The molecular formula is C14H20FNO. The van der Waals surface area contributed by atoms with Gasteiger partial charge in [0.05, 0.1) is 6.10 Å². The topological polar surface area (TPSA) is 21.3 Å². The molecule has 1 unspecified atom stereocenters. The van der Waals surface area contributed by atoms with Crippen LogP contribution in [0.4, 0.5) is 4.39 Å². The van der Waals surface area contributed by atoms with E-state index in [4.69, 9.17) is 4.74 Å². The minimum absolute atomic E-state index is 0.0492. The smallest absolute Gasteiger partial charge is 0.126 e. The predicted molar refractivity (Wildman–Crippen MR) is 66.5 cm³/mol. The van der Waals surface area contributed by atoms with Crippen LogP contribution >= 0.6 is 0 Å². The normalized spacial score (nSPS) is 24.4. The molecule has 0 spiro atoms. The van der Waals surface area contributed by atoms with Crippen LogP contribution in [0.5, 0.6) is 0 Å². The second-order valence-corrected chi connectivity index (χ2v) is 5.38. The first-order valence-corrected chi connectivity index (χ1v) is 6.11.